The Balaban J connectivity index is 1.42. The molecule has 0 fully saturated rings. The lowest BCUT2D eigenvalue weighted by Gasteiger charge is -2.08. The first-order valence-corrected chi connectivity index (χ1v) is 10.4. The van der Waals surface area contributed by atoms with Gasteiger partial charge in [-0.1, -0.05) is 11.6 Å². The molecule has 0 unspecified atom stereocenters. The highest BCUT2D eigenvalue weighted by molar-refractivity contribution is 6.30. The van der Waals surface area contributed by atoms with Gasteiger partial charge in [0.2, 0.25) is 0 Å². The second-order valence-electron chi connectivity index (χ2n) is 7.30. The molecule has 3 aromatic heterocycles. The van der Waals surface area contributed by atoms with E-state index in [-0.39, 0.29) is 28.8 Å². The van der Waals surface area contributed by atoms with Gasteiger partial charge in [0.15, 0.2) is 12.4 Å². The van der Waals surface area contributed by atoms with E-state index in [1.165, 1.54) is 46.0 Å². The molecule has 0 aliphatic heterocycles. The number of hydrogen-bond donors (Lipinski definition) is 2. The zero-order valence-corrected chi connectivity index (χ0v) is 19.2. The minimum absolute atomic E-state index is 0.0275. The maximum atomic E-state index is 13.3. The van der Waals surface area contributed by atoms with Crippen LogP contribution < -0.4 is 15.4 Å². The van der Waals surface area contributed by atoms with E-state index in [1.807, 2.05) is 6.92 Å². The third-order valence-corrected chi connectivity index (χ3v) is 5.30. The van der Waals surface area contributed by atoms with Gasteiger partial charge in [0.1, 0.15) is 17.3 Å². The Bertz CT molecular complexity index is 1380. The summed E-state index contributed by atoms with van der Waals surface area (Å²) in [6, 6.07) is 5.46. The number of carbonyl (C=O) groups is 2. The van der Waals surface area contributed by atoms with Gasteiger partial charge in [0.25, 0.3) is 11.8 Å². The Morgan fingerprint density at radius 3 is 2.47 bits per heavy atom. The highest BCUT2D eigenvalue weighted by Crippen LogP contribution is 2.22. The second-order valence-corrected chi connectivity index (χ2v) is 7.70. The molecule has 4 rings (SSSR count). The summed E-state index contributed by atoms with van der Waals surface area (Å²) in [6.07, 6.45) is 4.46. The lowest BCUT2D eigenvalue weighted by molar-refractivity contribution is 0.101. The van der Waals surface area contributed by atoms with Gasteiger partial charge in [-0.05, 0) is 25.1 Å². The fourth-order valence-electron chi connectivity index (χ4n) is 3.05. The van der Waals surface area contributed by atoms with Crippen molar-refractivity contribution in [3.63, 3.8) is 0 Å². The van der Waals surface area contributed by atoms with Crippen LogP contribution in [-0.4, -0.2) is 41.2 Å². The van der Waals surface area contributed by atoms with E-state index in [4.69, 9.17) is 16.3 Å². The van der Waals surface area contributed by atoms with Crippen molar-refractivity contribution in [1.29, 1.82) is 0 Å². The van der Waals surface area contributed by atoms with Crippen molar-refractivity contribution in [3.05, 3.63) is 70.8 Å². The van der Waals surface area contributed by atoms with E-state index < -0.39 is 17.6 Å². The number of ether oxygens (including phenoxy) is 1. The number of halogens is 2. The lowest BCUT2D eigenvalue weighted by atomic mass is 10.3. The summed E-state index contributed by atoms with van der Waals surface area (Å²) in [7, 11) is 3.36. The molecule has 34 heavy (non-hydrogen) atoms. The van der Waals surface area contributed by atoms with Crippen LogP contribution in [0.2, 0.25) is 5.02 Å². The molecule has 0 aliphatic rings. The van der Waals surface area contributed by atoms with Gasteiger partial charge in [-0.25, -0.2) is 9.07 Å². The number of benzene rings is 1. The Morgan fingerprint density at radius 2 is 1.76 bits per heavy atom. The van der Waals surface area contributed by atoms with E-state index in [0.29, 0.717) is 11.4 Å². The fourth-order valence-corrected chi connectivity index (χ4v) is 3.22. The van der Waals surface area contributed by atoms with Gasteiger partial charge in [0, 0.05) is 26.4 Å². The molecule has 0 atom stereocenters. The van der Waals surface area contributed by atoms with E-state index >= 15 is 0 Å². The highest BCUT2D eigenvalue weighted by atomic mass is 35.5. The van der Waals surface area contributed by atoms with Gasteiger partial charge < -0.3 is 15.4 Å². The summed E-state index contributed by atoms with van der Waals surface area (Å²) in [4.78, 5) is 25.6. The minimum Gasteiger partial charge on any atom is -0.471 e. The molecule has 4 aromatic rings. The summed E-state index contributed by atoms with van der Waals surface area (Å²) >= 11 is 5.74. The van der Waals surface area contributed by atoms with Gasteiger partial charge in [-0.3, -0.25) is 19.0 Å². The summed E-state index contributed by atoms with van der Waals surface area (Å²) in [5.74, 6) is -1.19. The van der Waals surface area contributed by atoms with E-state index in [0.717, 1.165) is 5.69 Å². The Hall–Kier alpha value is -4.19. The molecule has 0 radical (unpaired) electrons. The number of aryl methyl sites for hydroxylation is 2. The van der Waals surface area contributed by atoms with Crippen LogP contribution in [0.25, 0.3) is 0 Å². The molecular weight excluding hydrogens is 467 g/mol. The molecule has 2 N–H and O–H groups in total. The largest absolute Gasteiger partial charge is 0.471 e. The number of anilines is 2. The molecule has 0 saturated carbocycles. The van der Waals surface area contributed by atoms with Crippen molar-refractivity contribution in [2.24, 2.45) is 14.1 Å². The van der Waals surface area contributed by atoms with E-state index in [2.05, 4.69) is 25.9 Å². The number of hydrogen-bond acceptors (Lipinski definition) is 6. The average molecular weight is 487 g/mol. The monoisotopic (exact) mass is 486 g/mol. The average Bonchev–Trinajstić information content (AvgIpc) is 3.50. The molecule has 11 nitrogen and oxygen atoms in total. The number of nitrogens with one attached hydrogen (secondary N) is 2. The van der Waals surface area contributed by atoms with Crippen LogP contribution in [-0.2, 0) is 20.8 Å². The number of rotatable bonds is 7. The molecule has 1 aromatic carbocycles. The van der Waals surface area contributed by atoms with Crippen molar-refractivity contribution in [2.75, 3.05) is 10.6 Å². The molecule has 0 saturated heterocycles. The quantitative estimate of drug-likeness (QED) is 0.414. The molecule has 3 heterocycles. The third kappa shape index (κ3) is 4.76. The minimum atomic E-state index is -0.550. The summed E-state index contributed by atoms with van der Waals surface area (Å²) < 4.78 is 23.1. The standard InChI is InChI=1S/C21H20ClFN8O3/c1-12-17(9-24-29(12)2)26-21(33)19-18(10-25-30(19)3)27-20(32)16-6-7-31(28-16)11-34-13-4-5-15(23)14(22)8-13/h4-10H,11H2,1-3H3,(H,26,33)(H,27,32). The predicted molar refractivity (Wildman–Crippen MR) is 121 cm³/mol. The Labute approximate surface area is 198 Å². The van der Waals surface area contributed by atoms with Crippen LogP contribution >= 0.6 is 11.6 Å². The van der Waals surface area contributed by atoms with Crippen LogP contribution in [0.1, 0.15) is 26.7 Å². The first-order chi connectivity index (χ1) is 16.2. The fraction of sp³-hybridized carbons (Fsp3) is 0.190. The number of carbonyl (C=O) groups excluding carboxylic acids is 2. The zero-order valence-electron chi connectivity index (χ0n) is 18.4. The molecule has 13 heteroatoms. The van der Waals surface area contributed by atoms with Gasteiger partial charge in [-0.15, -0.1) is 0 Å². The van der Waals surface area contributed by atoms with Crippen LogP contribution in [0.3, 0.4) is 0 Å². The van der Waals surface area contributed by atoms with Crippen LogP contribution in [0.15, 0.2) is 42.9 Å². The molecule has 0 aliphatic carbocycles. The van der Waals surface area contributed by atoms with E-state index in [9.17, 15) is 14.0 Å². The first kappa shape index (κ1) is 23.0. The SMILES string of the molecule is Cc1c(NC(=O)c2c(NC(=O)c3ccn(COc4ccc(F)c(Cl)c4)n3)cnn2C)cnn1C. The summed E-state index contributed by atoms with van der Waals surface area (Å²) in [5.41, 5.74) is 1.80. The van der Waals surface area contributed by atoms with Crippen LogP contribution in [0, 0.1) is 12.7 Å². The molecule has 2 amide bonds. The normalized spacial score (nSPS) is 10.9. The van der Waals surface area contributed by atoms with Gasteiger partial charge in [0.05, 0.1) is 34.5 Å². The van der Waals surface area contributed by atoms with Crippen molar-refractivity contribution in [1.82, 2.24) is 29.3 Å². The van der Waals surface area contributed by atoms with Crippen molar-refractivity contribution < 1.29 is 18.7 Å². The smallest absolute Gasteiger partial charge is 0.276 e. The van der Waals surface area contributed by atoms with Crippen LogP contribution in [0.5, 0.6) is 5.75 Å². The topological polar surface area (TPSA) is 121 Å². The Kier molecular flexibility index (Phi) is 6.32. The summed E-state index contributed by atoms with van der Waals surface area (Å²) in [6.45, 7) is 1.79. The van der Waals surface area contributed by atoms with Gasteiger partial charge >= 0.3 is 0 Å². The maximum absolute atomic E-state index is 13.3. The summed E-state index contributed by atoms with van der Waals surface area (Å²) in [5, 5.41) is 17.7. The van der Waals surface area contributed by atoms with Gasteiger partial charge in [-0.2, -0.15) is 15.3 Å². The molecular formula is C21H20ClFN8O3. The van der Waals surface area contributed by atoms with E-state index in [1.54, 1.807) is 25.0 Å². The Morgan fingerprint density at radius 1 is 1.06 bits per heavy atom. The molecule has 176 valence electrons. The number of nitrogens with zero attached hydrogens (tertiary/aromatic N) is 6. The molecule has 0 spiro atoms. The third-order valence-electron chi connectivity index (χ3n) is 5.01. The highest BCUT2D eigenvalue weighted by Gasteiger charge is 2.21. The predicted octanol–water partition coefficient (Wildman–Crippen LogP) is 2.99. The number of amides is 2. The number of aromatic nitrogens is 6. The lowest BCUT2D eigenvalue weighted by Crippen LogP contribution is -2.21. The van der Waals surface area contributed by atoms with Crippen molar-refractivity contribution >= 4 is 34.8 Å². The van der Waals surface area contributed by atoms with Crippen molar-refractivity contribution in [2.45, 2.75) is 13.7 Å². The zero-order chi connectivity index (χ0) is 24.4. The maximum Gasteiger partial charge on any atom is 0.276 e. The first-order valence-electron chi connectivity index (χ1n) is 9.97. The molecule has 0 bridgehead atoms. The van der Waals surface area contributed by atoms with Crippen molar-refractivity contribution in [3.8, 4) is 5.75 Å². The van der Waals surface area contributed by atoms with Crippen LogP contribution in [0.4, 0.5) is 15.8 Å². The second kappa shape index (κ2) is 9.35.